The van der Waals surface area contributed by atoms with Gasteiger partial charge in [-0.1, -0.05) is 0 Å². The number of benzene rings is 1. The monoisotopic (exact) mass is 388 g/mol. The van der Waals surface area contributed by atoms with Crippen LogP contribution >= 0.6 is 0 Å². The van der Waals surface area contributed by atoms with E-state index in [4.69, 9.17) is 9.47 Å². The van der Waals surface area contributed by atoms with Crippen LogP contribution in [-0.4, -0.2) is 45.4 Å². The number of sulfonamides is 1. The third-order valence-electron chi connectivity index (χ3n) is 3.72. The molecule has 1 amide bonds. The van der Waals surface area contributed by atoms with Crippen molar-refractivity contribution in [2.45, 2.75) is 56.3 Å². The molecule has 0 bridgehead atoms. The largest absolute Gasteiger partial charge is 0.444 e. The Labute approximate surface area is 153 Å². The zero-order chi connectivity index (χ0) is 19.4. The van der Waals surface area contributed by atoms with Crippen molar-refractivity contribution in [1.29, 1.82) is 0 Å². The van der Waals surface area contributed by atoms with Crippen molar-refractivity contribution in [2.24, 2.45) is 0 Å². The normalized spacial score (nSPS) is 21.2. The number of nitrogens with one attached hydrogen (secondary N) is 2. The van der Waals surface area contributed by atoms with Crippen molar-refractivity contribution in [3.05, 3.63) is 30.1 Å². The highest BCUT2D eigenvalue weighted by Crippen LogP contribution is 2.16. The highest BCUT2D eigenvalue weighted by atomic mass is 32.2. The first-order chi connectivity index (χ1) is 12.0. The number of carbonyl (C=O) groups excluding carboxylic acids is 1. The van der Waals surface area contributed by atoms with Crippen LogP contribution in [0.25, 0.3) is 0 Å². The molecule has 2 N–H and O–H groups in total. The second kappa shape index (κ2) is 8.32. The Morgan fingerprint density at radius 1 is 1.27 bits per heavy atom. The molecule has 0 unspecified atom stereocenters. The van der Waals surface area contributed by atoms with Gasteiger partial charge in [-0.25, -0.2) is 22.3 Å². The van der Waals surface area contributed by atoms with E-state index >= 15 is 0 Å². The third kappa shape index (κ3) is 6.54. The average Bonchev–Trinajstić information content (AvgIpc) is 2.53. The van der Waals surface area contributed by atoms with Gasteiger partial charge in [0.2, 0.25) is 10.0 Å². The molecule has 0 aliphatic carbocycles. The predicted molar refractivity (Wildman–Crippen MR) is 93.7 cm³/mol. The molecule has 0 saturated carbocycles. The number of ether oxygens (including phenoxy) is 2. The van der Waals surface area contributed by atoms with Gasteiger partial charge in [0.05, 0.1) is 23.6 Å². The minimum atomic E-state index is -3.72. The van der Waals surface area contributed by atoms with Gasteiger partial charge in [-0.2, -0.15) is 0 Å². The first kappa shape index (κ1) is 20.6. The van der Waals surface area contributed by atoms with Crippen molar-refractivity contribution < 1.29 is 27.1 Å². The summed E-state index contributed by atoms with van der Waals surface area (Å²) >= 11 is 0. The molecule has 1 heterocycles. The molecule has 1 aliphatic heterocycles. The van der Waals surface area contributed by atoms with Crippen LogP contribution in [0.4, 0.5) is 9.18 Å². The summed E-state index contributed by atoms with van der Waals surface area (Å²) in [5.41, 5.74) is -0.569. The van der Waals surface area contributed by atoms with Crippen LogP contribution in [0.3, 0.4) is 0 Å². The lowest BCUT2D eigenvalue weighted by molar-refractivity contribution is -0.00477. The van der Waals surface area contributed by atoms with E-state index in [1.807, 2.05) is 0 Å². The van der Waals surface area contributed by atoms with Crippen LogP contribution in [0.15, 0.2) is 29.2 Å². The summed E-state index contributed by atoms with van der Waals surface area (Å²) in [6.07, 6.45) is 0.456. The Balaban J connectivity index is 1.76. The van der Waals surface area contributed by atoms with Gasteiger partial charge < -0.3 is 14.8 Å². The molecule has 0 radical (unpaired) electrons. The number of hydrogen-bond donors (Lipinski definition) is 2. The highest BCUT2D eigenvalue weighted by molar-refractivity contribution is 7.89. The Morgan fingerprint density at radius 2 is 1.92 bits per heavy atom. The first-order valence-electron chi connectivity index (χ1n) is 8.41. The van der Waals surface area contributed by atoms with E-state index in [1.165, 1.54) is 12.1 Å². The van der Waals surface area contributed by atoms with Crippen molar-refractivity contribution in [3.8, 4) is 0 Å². The summed E-state index contributed by atoms with van der Waals surface area (Å²) < 4.78 is 50.5. The van der Waals surface area contributed by atoms with E-state index in [9.17, 15) is 17.6 Å². The second-order valence-corrected chi connectivity index (χ2v) is 8.95. The molecular weight excluding hydrogens is 363 g/mol. The lowest BCUT2D eigenvalue weighted by Gasteiger charge is -2.30. The van der Waals surface area contributed by atoms with Gasteiger partial charge in [0.15, 0.2) is 0 Å². The van der Waals surface area contributed by atoms with E-state index in [0.717, 1.165) is 12.1 Å². The van der Waals surface area contributed by atoms with Gasteiger partial charge in [-0.3, -0.25) is 0 Å². The van der Waals surface area contributed by atoms with Crippen LogP contribution in [0, 0.1) is 5.82 Å². The summed E-state index contributed by atoms with van der Waals surface area (Å²) in [7, 11) is -3.72. The van der Waals surface area contributed by atoms with E-state index < -0.39 is 27.5 Å². The van der Waals surface area contributed by atoms with E-state index in [2.05, 4.69) is 10.0 Å². The van der Waals surface area contributed by atoms with Gasteiger partial charge >= 0.3 is 6.09 Å². The van der Waals surface area contributed by atoms with Gasteiger partial charge in [0.1, 0.15) is 11.4 Å². The van der Waals surface area contributed by atoms with Gasteiger partial charge in [-0.05, 0) is 57.9 Å². The SMILES string of the molecule is CC(C)(C)OC(=O)N[C@@H]1CC[C@@H](CNS(=O)(=O)c2ccc(F)cc2)OC1. The maximum Gasteiger partial charge on any atom is 0.407 e. The zero-order valence-electron chi connectivity index (χ0n) is 15.1. The number of amides is 1. The van der Waals surface area contributed by atoms with Crippen LogP contribution < -0.4 is 10.0 Å². The predicted octanol–water partition coefficient (Wildman–Crippen LogP) is 2.18. The summed E-state index contributed by atoms with van der Waals surface area (Å²) in [5, 5.41) is 2.74. The molecule has 0 spiro atoms. The highest BCUT2D eigenvalue weighted by Gasteiger charge is 2.26. The van der Waals surface area contributed by atoms with Crippen LogP contribution in [0.5, 0.6) is 0 Å². The van der Waals surface area contributed by atoms with Gasteiger partial charge in [-0.15, -0.1) is 0 Å². The Hall–Kier alpha value is -1.71. The quantitative estimate of drug-likeness (QED) is 0.806. The number of carbonyl (C=O) groups is 1. The fourth-order valence-electron chi connectivity index (χ4n) is 2.45. The average molecular weight is 388 g/mol. The maximum atomic E-state index is 12.9. The minimum absolute atomic E-state index is 0.000761. The van der Waals surface area contributed by atoms with Gasteiger partial charge in [0, 0.05) is 6.54 Å². The Bertz CT molecular complexity index is 708. The molecule has 146 valence electrons. The Kier molecular flexibility index (Phi) is 6.59. The lowest BCUT2D eigenvalue weighted by Crippen LogP contribution is -2.46. The topological polar surface area (TPSA) is 93.7 Å². The molecule has 1 aliphatic rings. The maximum absolute atomic E-state index is 12.9. The minimum Gasteiger partial charge on any atom is -0.444 e. The molecule has 1 fully saturated rings. The smallest absolute Gasteiger partial charge is 0.407 e. The standard InChI is InChI=1S/C17H25FN2O5S/c1-17(2,3)25-16(21)20-13-6-7-14(24-11-13)10-19-26(22,23)15-8-4-12(18)5-9-15/h4-5,8-9,13-14,19H,6-7,10-11H2,1-3H3,(H,20,21)/t13-,14+/m1/s1. The molecule has 1 aromatic rings. The number of alkyl carbamates (subject to hydrolysis) is 1. The molecule has 7 nitrogen and oxygen atoms in total. The summed E-state index contributed by atoms with van der Waals surface area (Å²) in [6.45, 7) is 5.74. The van der Waals surface area contributed by atoms with Crippen molar-refractivity contribution >= 4 is 16.1 Å². The fourth-order valence-corrected chi connectivity index (χ4v) is 3.52. The summed E-state index contributed by atoms with van der Waals surface area (Å²) in [5.74, 6) is -0.497. The van der Waals surface area contributed by atoms with Crippen molar-refractivity contribution in [1.82, 2.24) is 10.0 Å². The summed E-state index contributed by atoms with van der Waals surface area (Å²) in [6, 6.07) is 4.44. The summed E-state index contributed by atoms with van der Waals surface area (Å²) in [4.78, 5) is 11.7. The fraction of sp³-hybridized carbons (Fsp3) is 0.588. The van der Waals surface area contributed by atoms with Crippen LogP contribution in [0.1, 0.15) is 33.6 Å². The van der Waals surface area contributed by atoms with E-state index in [1.54, 1.807) is 20.8 Å². The van der Waals surface area contributed by atoms with Crippen LogP contribution in [0.2, 0.25) is 0 Å². The van der Waals surface area contributed by atoms with Gasteiger partial charge in [0.25, 0.3) is 0 Å². The van der Waals surface area contributed by atoms with Crippen molar-refractivity contribution in [2.75, 3.05) is 13.2 Å². The molecule has 26 heavy (non-hydrogen) atoms. The molecule has 9 heteroatoms. The molecule has 2 rings (SSSR count). The van der Waals surface area contributed by atoms with Crippen molar-refractivity contribution in [3.63, 3.8) is 0 Å². The lowest BCUT2D eigenvalue weighted by atomic mass is 10.1. The number of rotatable bonds is 5. The van der Waals surface area contributed by atoms with E-state index in [-0.39, 0.29) is 30.2 Å². The zero-order valence-corrected chi connectivity index (χ0v) is 15.9. The number of hydrogen-bond acceptors (Lipinski definition) is 5. The number of halogens is 1. The Morgan fingerprint density at radius 3 is 2.46 bits per heavy atom. The molecule has 1 saturated heterocycles. The third-order valence-corrected chi connectivity index (χ3v) is 5.16. The van der Waals surface area contributed by atoms with Crippen LogP contribution in [-0.2, 0) is 19.5 Å². The first-order valence-corrected chi connectivity index (χ1v) is 9.90. The molecular formula is C17H25FN2O5S. The molecule has 0 aromatic heterocycles. The molecule has 2 atom stereocenters. The molecule has 1 aromatic carbocycles. The second-order valence-electron chi connectivity index (χ2n) is 7.18. The van der Waals surface area contributed by atoms with E-state index in [0.29, 0.717) is 12.8 Å².